The van der Waals surface area contributed by atoms with Crippen LogP contribution in [0, 0.1) is 5.82 Å². The second-order valence-electron chi connectivity index (χ2n) is 7.81. The van der Waals surface area contributed by atoms with Crippen LogP contribution in [0.25, 0.3) is 5.69 Å². The van der Waals surface area contributed by atoms with E-state index in [2.05, 4.69) is 0 Å². The Morgan fingerprint density at radius 1 is 1.13 bits per heavy atom. The van der Waals surface area contributed by atoms with Gasteiger partial charge >= 0.3 is 22.1 Å². The van der Waals surface area contributed by atoms with E-state index in [1.807, 2.05) is 0 Å². The number of hydrogen-bond donors (Lipinski definition) is 1. The zero-order valence-electron chi connectivity index (χ0n) is 19.8. The highest BCUT2D eigenvalue weighted by molar-refractivity contribution is 7.91. The number of anilines is 1. The van der Waals surface area contributed by atoms with Gasteiger partial charge in [0, 0.05) is 26.2 Å². The van der Waals surface area contributed by atoms with Crippen LogP contribution in [0.3, 0.4) is 0 Å². The number of alkyl halides is 3. The molecule has 1 heterocycles. The third kappa shape index (κ3) is 5.83. The molecule has 0 aliphatic heterocycles. The predicted octanol–water partition coefficient (Wildman–Crippen LogP) is 2.61. The van der Waals surface area contributed by atoms with Crippen LogP contribution in [-0.4, -0.2) is 36.6 Å². The molecule has 0 aliphatic rings. The SMILES string of the molecule is CC(Oc1cc(-n2c(=O)cc(C(F)(F)F)n(C)c2=O)c(F)cc1Cl)C(=O)NS(=O)(=O)N(C)c1ccccc1. The van der Waals surface area contributed by atoms with E-state index in [1.165, 1.54) is 19.2 Å². The number of carbonyl (C=O) groups excluding carboxylic acids is 1. The highest BCUT2D eigenvalue weighted by Crippen LogP contribution is 2.31. The van der Waals surface area contributed by atoms with Gasteiger partial charge in [0.05, 0.1) is 16.4 Å². The second-order valence-corrected chi connectivity index (χ2v) is 9.92. The molecule has 1 atom stereocenters. The number of ether oxygens (including phenoxy) is 1. The molecule has 10 nitrogen and oxygen atoms in total. The van der Waals surface area contributed by atoms with E-state index in [0.29, 0.717) is 6.07 Å². The summed E-state index contributed by atoms with van der Waals surface area (Å²) in [4.78, 5) is 37.4. The number of amides is 1. The lowest BCUT2D eigenvalue weighted by molar-refractivity contribution is -0.144. The standard InChI is InChI=1S/C22H19ClF4N4O6S/c1-12(20(33)28-38(35,36)30(3)13-7-5-4-6-8-13)37-17-10-16(15(24)9-14(17)23)31-19(32)11-18(22(25,26)27)29(2)21(31)34/h4-12H,1-3H3,(H,28,33). The van der Waals surface area contributed by atoms with Crippen molar-refractivity contribution in [1.29, 1.82) is 0 Å². The van der Waals surface area contributed by atoms with E-state index >= 15 is 0 Å². The van der Waals surface area contributed by atoms with Crippen molar-refractivity contribution in [2.24, 2.45) is 7.05 Å². The van der Waals surface area contributed by atoms with E-state index in [4.69, 9.17) is 16.3 Å². The minimum absolute atomic E-state index is 0.111. The molecule has 0 radical (unpaired) electrons. The molecule has 1 N–H and O–H groups in total. The fourth-order valence-electron chi connectivity index (χ4n) is 3.20. The van der Waals surface area contributed by atoms with Crippen LogP contribution in [0.5, 0.6) is 5.75 Å². The molecule has 1 unspecified atom stereocenters. The lowest BCUT2D eigenvalue weighted by atomic mass is 10.2. The molecular weight excluding hydrogens is 560 g/mol. The first kappa shape index (κ1) is 28.7. The van der Waals surface area contributed by atoms with Crippen molar-refractivity contribution in [2.45, 2.75) is 19.2 Å². The smallest absolute Gasteiger partial charge is 0.431 e. The van der Waals surface area contributed by atoms with E-state index in [1.54, 1.807) is 22.9 Å². The molecule has 204 valence electrons. The van der Waals surface area contributed by atoms with Gasteiger partial charge in [-0.3, -0.25) is 18.5 Å². The van der Waals surface area contributed by atoms with Gasteiger partial charge in [0.15, 0.2) is 6.10 Å². The van der Waals surface area contributed by atoms with Crippen LogP contribution in [0.2, 0.25) is 5.02 Å². The lowest BCUT2D eigenvalue weighted by Gasteiger charge is -2.22. The average molecular weight is 579 g/mol. The Kier molecular flexibility index (Phi) is 7.93. The number of halogens is 5. The second kappa shape index (κ2) is 10.5. The zero-order valence-corrected chi connectivity index (χ0v) is 21.4. The number of para-hydroxylation sites is 1. The summed E-state index contributed by atoms with van der Waals surface area (Å²) in [5.41, 5.74) is -5.13. The summed E-state index contributed by atoms with van der Waals surface area (Å²) in [5, 5.41) is -0.438. The molecule has 3 rings (SSSR count). The Morgan fingerprint density at radius 3 is 2.32 bits per heavy atom. The zero-order chi connectivity index (χ0) is 28.6. The summed E-state index contributed by atoms with van der Waals surface area (Å²) in [5.74, 6) is -2.88. The Balaban J connectivity index is 1.92. The number of hydrogen-bond acceptors (Lipinski definition) is 6. The molecule has 0 aliphatic carbocycles. The summed E-state index contributed by atoms with van der Waals surface area (Å²) in [6.45, 7) is 1.13. The van der Waals surface area contributed by atoms with Crippen molar-refractivity contribution in [1.82, 2.24) is 13.9 Å². The average Bonchev–Trinajstić information content (AvgIpc) is 2.83. The molecule has 2 aromatic carbocycles. The van der Waals surface area contributed by atoms with E-state index < -0.39 is 67.6 Å². The van der Waals surface area contributed by atoms with Crippen LogP contribution < -0.4 is 25.0 Å². The number of carbonyl (C=O) groups is 1. The molecule has 16 heteroatoms. The van der Waals surface area contributed by atoms with Crippen LogP contribution in [0.1, 0.15) is 12.6 Å². The van der Waals surface area contributed by atoms with Crippen LogP contribution in [0.4, 0.5) is 23.2 Å². The molecule has 0 fully saturated rings. The minimum atomic E-state index is -5.03. The van der Waals surface area contributed by atoms with Gasteiger partial charge in [0.1, 0.15) is 17.3 Å². The number of nitrogens with one attached hydrogen (secondary N) is 1. The third-order valence-corrected chi connectivity index (χ3v) is 6.92. The van der Waals surface area contributed by atoms with Gasteiger partial charge in [0.2, 0.25) is 0 Å². The normalized spacial score (nSPS) is 12.6. The third-order valence-electron chi connectivity index (χ3n) is 5.24. The number of aromatic nitrogens is 2. The maximum Gasteiger partial charge on any atom is 0.431 e. The molecule has 0 spiro atoms. The molecule has 1 aromatic heterocycles. The first-order valence-corrected chi connectivity index (χ1v) is 12.3. The van der Waals surface area contributed by atoms with Gasteiger partial charge in [-0.25, -0.2) is 18.5 Å². The number of nitrogens with zero attached hydrogens (tertiary/aromatic N) is 3. The van der Waals surface area contributed by atoms with Crippen LogP contribution in [-0.2, 0) is 28.2 Å². The quantitative estimate of drug-likeness (QED) is 0.431. The summed E-state index contributed by atoms with van der Waals surface area (Å²) in [7, 11) is -2.43. The molecule has 3 aromatic rings. The van der Waals surface area contributed by atoms with E-state index in [9.17, 15) is 40.4 Å². The number of rotatable bonds is 7. The van der Waals surface area contributed by atoms with Gasteiger partial charge < -0.3 is 4.74 Å². The van der Waals surface area contributed by atoms with Crippen molar-refractivity contribution in [3.05, 3.63) is 85.9 Å². The molecule has 38 heavy (non-hydrogen) atoms. The largest absolute Gasteiger partial charge is 0.479 e. The Labute approximate surface area is 217 Å². The highest BCUT2D eigenvalue weighted by atomic mass is 35.5. The van der Waals surface area contributed by atoms with Crippen molar-refractivity contribution in [3.63, 3.8) is 0 Å². The van der Waals surface area contributed by atoms with Crippen molar-refractivity contribution in [2.75, 3.05) is 11.4 Å². The van der Waals surface area contributed by atoms with Crippen LogP contribution >= 0.6 is 11.6 Å². The van der Waals surface area contributed by atoms with Gasteiger partial charge in [0.25, 0.3) is 11.5 Å². The Bertz CT molecular complexity index is 1610. The molecule has 0 saturated carbocycles. The van der Waals surface area contributed by atoms with Gasteiger partial charge in [-0.1, -0.05) is 29.8 Å². The fourth-order valence-corrected chi connectivity index (χ4v) is 4.35. The minimum Gasteiger partial charge on any atom is -0.479 e. The highest BCUT2D eigenvalue weighted by Gasteiger charge is 2.35. The first-order chi connectivity index (χ1) is 17.5. The first-order valence-electron chi connectivity index (χ1n) is 10.5. The van der Waals surface area contributed by atoms with Crippen LogP contribution in [0.15, 0.2) is 58.1 Å². The maximum atomic E-state index is 14.7. The van der Waals surface area contributed by atoms with E-state index in [-0.39, 0.29) is 20.9 Å². The predicted molar refractivity (Wildman–Crippen MR) is 129 cm³/mol. The maximum absolute atomic E-state index is 14.7. The van der Waals surface area contributed by atoms with Gasteiger partial charge in [-0.15, -0.1) is 0 Å². The summed E-state index contributed by atoms with van der Waals surface area (Å²) >= 11 is 5.95. The molecule has 0 bridgehead atoms. The van der Waals surface area contributed by atoms with Crippen molar-refractivity contribution >= 4 is 33.4 Å². The van der Waals surface area contributed by atoms with Crippen molar-refractivity contribution in [3.8, 4) is 11.4 Å². The summed E-state index contributed by atoms with van der Waals surface area (Å²) < 4.78 is 87.3. The summed E-state index contributed by atoms with van der Waals surface area (Å²) in [6, 6.07) is 9.24. The van der Waals surface area contributed by atoms with E-state index in [0.717, 1.165) is 24.3 Å². The molecule has 0 saturated heterocycles. The molecular formula is C22H19ClF4N4O6S. The topological polar surface area (TPSA) is 120 Å². The monoisotopic (exact) mass is 578 g/mol. The summed E-state index contributed by atoms with van der Waals surface area (Å²) in [6.07, 6.45) is -6.59. The Morgan fingerprint density at radius 2 is 1.74 bits per heavy atom. The van der Waals surface area contributed by atoms with Crippen molar-refractivity contribution < 1.29 is 35.5 Å². The Hall–Kier alpha value is -3.85. The van der Waals surface area contributed by atoms with Gasteiger partial charge in [-0.2, -0.15) is 21.6 Å². The fraction of sp³-hybridized carbons (Fsp3) is 0.227. The number of benzene rings is 2. The lowest BCUT2D eigenvalue weighted by Crippen LogP contribution is -2.46. The van der Waals surface area contributed by atoms with Gasteiger partial charge in [-0.05, 0) is 25.1 Å². The molecule has 1 amide bonds.